The van der Waals surface area contributed by atoms with Gasteiger partial charge in [-0.2, -0.15) is 0 Å². The second-order valence-electron chi connectivity index (χ2n) is 6.53. The van der Waals surface area contributed by atoms with Gasteiger partial charge >= 0.3 is 0 Å². The number of fused-ring (bicyclic) bond motifs is 2. The molecule has 2 N–H and O–H groups in total. The number of halogens is 1. The van der Waals surface area contributed by atoms with E-state index in [0.717, 1.165) is 33.7 Å². The van der Waals surface area contributed by atoms with Gasteiger partial charge in [0.15, 0.2) is 0 Å². The molecule has 9 heteroatoms. The summed E-state index contributed by atoms with van der Waals surface area (Å²) in [6.07, 6.45) is 3.58. The Kier molecular flexibility index (Phi) is 4.25. The van der Waals surface area contributed by atoms with E-state index in [1.165, 1.54) is 0 Å². The summed E-state index contributed by atoms with van der Waals surface area (Å²) in [6.45, 7) is 1.87. The van der Waals surface area contributed by atoms with Crippen LogP contribution in [-0.4, -0.2) is 41.1 Å². The van der Waals surface area contributed by atoms with Crippen molar-refractivity contribution in [2.75, 3.05) is 12.8 Å². The van der Waals surface area contributed by atoms with Crippen molar-refractivity contribution >= 4 is 36.7 Å². The molecule has 3 aromatic rings. The van der Waals surface area contributed by atoms with Crippen LogP contribution in [0.1, 0.15) is 16.8 Å². The maximum atomic E-state index is 12.3. The standard InChI is InChI=1S/C17H17BrN4O3S/c1-26(24,25)17-20-14-4-5-22(9-13(14)16(23)21-17)8-10-7-19-15-6-11(18)2-3-12(10)15/h2-3,6-7,19H,4-5,8-9H2,1H3,(H,20,21,23). The van der Waals surface area contributed by atoms with E-state index in [-0.39, 0.29) is 10.7 Å². The number of nitrogens with one attached hydrogen (secondary N) is 2. The molecule has 0 saturated carbocycles. The number of hydrogen-bond donors (Lipinski definition) is 2. The summed E-state index contributed by atoms with van der Waals surface area (Å²) < 4.78 is 24.3. The molecule has 7 nitrogen and oxygen atoms in total. The van der Waals surface area contributed by atoms with Crippen molar-refractivity contribution in [3.05, 3.63) is 56.0 Å². The van der Waals surface area contributed by atoms with E-state index in [1.807, 2.05) is 18.3 Å². The smallest absolute Gasteiger partial charge is 0.256 e. The van der Waals surface area contributed by atoms with Crippen molar-refractivity contribution < 1.29 is 8.42 Å². The number of nitrogens with zero attached hydrogens (tertiary/aromatic N) is 2. The second-order valence-corrected chi connectivity index (χ2v) is 9.38. The molecule has 1 aliphatic heterocycles. The molecule has 1 aliphatic rings. The lowest BCUT2D eigenvalue weighted by atomic mass is 10.1. The Balaban J connectivity index is 1.61. The van der Waals surface area contributed by atoms with Gasteiger partial charge in [-0.25, -0.2) is 13.4 Å². The van der Waals surface area contributed by atoms with Crippen LogP contribution in [0, 0.1) is 0 Å². The predicted molar refractivity (Wildman–Crippen MR) is 102 cm³/mol. The first-order valence-electron chi connectivity index (χ1n) is 8.11. The zero-order valence-corrected chi connectivity index (χ0v) is 16.4. The fourth-order valence-electron chi connectivity index (χ4n) is 3.30. The first-order valence-corrected chi connectivity index (χ1v) is 10.8. The van der Waals surface area contributed by atoms with Crippen molar-refractivity contribution in [1.82, 2.24) is 19.9 Å². The Bertz CT molecular complexity index is 1170. The molecule has 0 spiro atoms. The molecule has 0 radical (unpaired) electrons. The van der Waals surface area contributed by atoms with Gasteiger partial charge in [0.2, 0.25) is 15.0 Å². The maximum absolute atomic E-state index is 12.3. The lowest BCUT2D eigenvalue weighted by Crippen LogP contribution is -2.36. The van der Waals surface area contributed by atoms with Crippen LogP contribution in [0.25, 0.3) is 10.9 Å². The van der Waals surface area contributed by atoms with Gasteiger partial charge < -0.3 is 4.98 Å². The molecular formula is C17H17BrN4O3S. The summed E-state index contributed by atoms with van der Waals surface area (Å²) in [7, 11) is -3.53. The van der Waals surface area contributed by atoms with Crippen LogP contribution in [-0.2, 0) is 29.3 Å². The number of hydrogen-bond acceptors (Lipinski definition) is 5. The van der Waals surface area contributed by atoms with E-state index in [2.05, 4.69) is 41.8 Å². The number of rotatable bonds is 3. The van der Waals surface area contributed by atoms with Crippen molar-refractivity contribution in [2.24, 2.45) is 0 Å². The third-order valence-electron chi connectivity index (χ3n) is 4.60. The molecule has 3 heterocycles. The zero-order chi connectivity index (χ0) is 18.5. The lowest BCUT2D eigenvalue weighted by Gasteiger charge is -2.27. The predicted octanol–water partition coefficient (Wildman–Crippen LogP) is 1.98. The molecule has 0 amide bonds. The zero-order valence-electron chi connectivity index (χ0n) is 14.0. The van der Waals surface area contributed by atoms with E-state index in [0.29, 0.717) is 30.8 Å². The Labute approximate surface area is 158 Å². The highest BCUT2D eigenvalue weighted by Gasteiger charge is 2.24. The van der Waals surface area contributed by atoms with Crippen LogP contribution in [0.15, 0.2) is 38.8 Å². The summed E-state index contributed by atoms with van der Waals surface area (Å²) in [5.41, 5.74) is 2.97. The molecule has 0 aliphatic carbocycles. The number of H-pyrrole nitrogens is 2. The average Bonchev–Trinajstić information content (AvgIpc) is 2.96. The fraction of sp³-hybridized carbons (Fsp3) is 0.294. The average molecular weight is 437 g/mol. The normalized spacial score (nSPS) is 15.3. The number of benzene rings is 1. The van der Waals surface area contributed by atoms with Crippen LogP contribution >= 0.6 is 15.9 Å². The maximum Gasteiger partial charge on any atom is 0.256 e. The second kappa shape index (κ2) is 6.33. The van der Waals surface area contributed by atoms with Crippen LogP contribution < -0.4 is 5.56 Å². The minimum Gasteiger partial charge on any atom is -0.361 e. The summed E-state index contributed by atoms with van der Waals surface area (Å²) in [4.78, 5) is 24.3. The Morgan fingerprint density at radius 1 is 1.35 bits per heavy atom. The summed E-state index contributed by atoms with van der Waals surface area (Å²) in [6, 6.07) is 6.11. The summed E-state index contributed by atoms with van der Waals surface area (Å²) in [5.74, 6) is 0. The van der Waals surface area contributed by atoms with Gasteiger partial charge in [0.05, 0.1) is 11.3 Å². The number of aromatic nitrogens is 3. The van der Waals surface area contributed by atoms with Crippen molar-refractivity contribution in [3.8, 4) is 0 Å². The topological polar surface area (TPSA) is 98.9 Å². The molecule has 0 atom stereocenters. The Morgan fingerprint density at radius 2 is 2.15 bits per heavy atom. The van der Waals surface area contributed by atoms with Gasteiger partial charge in [-0.15, -0.1) is 0 Å². The largest absolute Gasteiger partial charge is 0.361 e. The van der Waals surface area contributed by atoms with Crippen molar-refractivity contribution in [1.29, 1.82) is 0 Å². The van der Waals surface area contributed by atoms with Gasteiger partial charge in [0, 0.05) is 53.9 Å². The SMILES string of the molecule is CS(=O)(=O)c1nc2c(c(=O)[nH]1)CN(Cc1c[nH]c3cc(Br)ccc13)CC2. The third-order valence-corrected chi connectivity index (χ3v) is 5.99. The van der Waals surface area contributed by atoms with Gasteiger partial charge in [-0.05, 0) is 17.7 Å². The van der Waals surface area contributed by atoms with Gasteiger partial charge in [0.25, 0.3) is 5.56 Å². The Morgan fingerprint density at radius 3 is 2.92 bits per heavy atom. The summed E-state index contributed by atoms with van der Waals surface area (Å²) >= 11 is 3.47. The highest BCUT2D eigenvalue weighted by molar-refractivity contribution is 9.10. The number of sulfone groups is 1. The van der Waals surface area contributed by atoms with Gasteiger partial charge in [-0.1, -0.05) is 22.0 Å². The van der Waals surface area contributed by atoms with Crippen molar-refractivity contribution in [3.63, 3.8) is 0 Å². The van der Waals surface area contributed by atoms with E-state index < -0.39 is 9.84 Å². The Hall–Kier alpha value is -1.97. The molecule has 1 aromatic carbocycles. The molecule has 0 unspecified atom stereocenters. The molecule has 0 saturated heterocycles. The minimum atomic E-state index is -3.53. The van der Waals surface area contributed by atoms with Crippen molar-refractivity contribution in [2.45, 2.75) is 24.7 Å². The highest BCUT2D eigenvalue weighted by atomic mass is 79.9. The van der Waals surface area contributed by atoms with Crippen LogP contribution in [0.4, 0.5) is 0 Å². The molecule has 136 valence electrons. The molecule has 26 heavy (non-hydrogen) atoms. The van der Waals surface area contributed by atoms with Crippen LogP contribution in [0.5, 0.6) is 0 Å². The highest BCUT2D eigenvalue weighted by Crippen LogP contribution is 2.25. The van der Waals surface area contributed by atoms with Gasteiger partial charge in [-0.3, -0.25) is 14.7 Å². The van der Waals surface area contributed by atoms with E-state index >= 15 is 0 Å². The monoisotopic (exact) mass is 436 g/mol. The van der Waals surface area contributed by atoms with Crippen LogP contribution in [0.2, 0.25) is 0 Å². The number of aromatic amines is 2. The fourth-order valence-corrected chi connectivity index (χ4v) is 4.21. The molecule has 0 bridgehead atoms. The van der Waals surface area contributed by atoms with E-state index in [1.54, 1.807) is 0 Å². The van der Waals surface area contributed by atoms with E-state index in [9.17, 15) is 13.2 Å². The first-order chi connectivity index (χ1) is 12.3. The first kappa shape index (κ1) is 17.4. The molecular weight excluding hydrogens is 420 g/mol. The quantitative estimate of drug-likeness (QED) is 0.611. The summed E-state index contributed by atoms with van der Waals surface area (Å²) in [5, 5.41) is 0.898. The van der Waals surface area contributed by atoms with E-state index in [4.69, 9.17) is 0 Å². The molecule has 2 aromatic heterocycles. The molecule has 4 rings (SSSR count). The van der Waals surface area contributed by atoms with Crippen LogP contribution in [0.3, 0.4) is 0 Å². The lowest BCUT2D eigenvalue weighted by molar-refractivity contribution is 0.241. The minimum absolute atomic E-state index is 0.253. The third kappa shape index (κ3) is 3.22. The molecule has 0 fully saturated rings. The van der Waals surface area contributed by atoms with Gasteiger partial charge in [0.1, 0.15) is 0 Å².